The van der Waals surface area contributed by atoms with Crippen molar-refractivity contribution in [2.45, 2.75) is 25.4 Å². The predicted octanol–water partition coefficient (Wildman–Crippen LogP) is 1.91. The van der Waals surface area contributed by atoms with Crippen molar-refractivity contribution in [1.82, 2.24) is 15.1 Å². The highest BCUT2D eigenvalue weighted by atomic mass is 16.5. The Morgan fingerprint density at radius 2 is 2.00 bits per heavy atom. The van der Waals surface area contributed by atoms with Crippen molar-refractivity contribution >= 4 is 17.5 Å². The van der Waals surface area contributed by atoms with Gasteiger partial charge in [-0.1, -0.05) is 6.07 Å². The summed E-state index contributed by atoms with van der Waals surface area (Å²) in [6, 6.07) is 10.9. The molecule has 1 aromatic carbocycles. The van der Waals surface area contributed by atoms with E-state index < -0.39 is 0 Å². The number of hydrogen-bond acceptors (Lipinski definition) is 6. The lowest BCUT2D eigenvalue weighted by Crippen LogP contribution is -2.45. The lowest BCUT2D eigenvalue weighted by Gasteiger charge is -2.33. The van der Waals surface area contributed by atoms with Crippen LogP contribution in [0.2, 0.25) is 0 Å². The molecule has 152 valence electrons. The normalized spacial score (nSPS) is 20.0. The standard InChI is InChI=1S/C21H24N4O4/c1-28-18-5-2-4-16(13-18)25-14-15(12-20(25)26)21(27)24-10-7-17(8-11-24)29-19-6-3-9-22-23-19/h2-6,9,13,15,17H,7-8,10-12,14H2,1H3. The molecule has 2 aliphatic heterocycles. The molecule has 2 fully saturated rings. The first-order valence-electron chi connectivity index (χ1n) is 9.81. The molecule has 2 aliphatic rings. The van der Waals surface area contributed by atoms with Crippen LogP contribution >= 0.6 is 0 Å². The van der Waals surface area contributed by atoms with Crippen LogP contribution in [0.25, 0.3) is 0 Å². The number of hydrogen-bond donors (Lipinski definition) is 0. The van der Waals surface area contributed by atoms with E-state index in [1.54, 1.807) is 30.3 Å². The van der Waals surface area contributed by atoms with Gasteiger partial charge in [-0.05, 0) is 18.2 Å². The molecule has 3 heterocycles. The number of carbonyl (C=O) groups excluding carboxylic acids is 2. The number of likely N-dealkylation sites (tertiary alicyclic amines) is 1. The molecule has 29 heavy (non-hydrogen) atoms. The molecule has 0 N–H and O–H groups in total. The van der Waals surface area contributed by atoms with E-state index >= 15 is 0 Å². The maximum absolute atomic E-state index is 13.0. The van der Waals surface area contributed by atoms with Gasteiger partial charge in [0.25, 0.3) is 0 Å². The van der Waals surface area contributed by atoms with Crippen LogP contribution in [0.15, 0.2) is 42.6 Å². The van der Waals surface area contributed by atoms with Crippen LogP contribution in [0, 0.1) is 5.92 Å². The average molecular weight is 396 g/mol. The van der Waals surface area contributed by atoms with Crippen LogP contribution < -0.4 is 14.4 Å². The first kappa shape index (κ1) is 19.2. The Hall–Kier alpha value is -3.16. The highest BCUT2D eigenvalue weighted by molar-refractivity contribution is 6.00. The molecule has 0 radical (unpaired) electrons. The second-order valence-corrected chi connectivity index (χ2v) is 7.31. The van der Waals surface area contributed by atoms with Gasteiger partial charge in [0, 0.05) is 62.9 Å². The minimum absolute atomic E-state index is 0.0224. The molecule has 0 aliphatic carbocycles. The number of nitrogens with zero attached hydrogens (tertiary/aromatic N) is 4. The van der Waals surface area contributed by atoms with Crippen LogP contribution in [-0.2, 0) is 9.59 Å². The quantitative estimate of drug-likeness (QED) is 0.768. The van der Waals surface area contributed by atoms with Crippen molar-refractivity contribution < 1.29 is 19.1 Å². The summed E-state index contributed by atoms with van der Waals surface area (Å²) in [6.45, 7) is 1.64. The maximum Gasteiger partial charge on any atom is 0.233 e. The molecule has 2 aromatic rings. The van der Waals surface area contributed by atoms with Gasteiger partial charge in [-0.15, -0.1) is 5.10 Å². The molecular formula is C21H24N4O4. The molecule has 8 nitrogen and oxygen atoms in total. The van der Waals surface area contributed by atoms with Crippen molar-refractivity contribution in [3.63, 3.8) is 0 Å². The van der Waals surface area contributed by atoms with Crippen LogP contribution in [0.4, 0.5) is 5.69 Å². The molecule has 2 saturated heterocycles. The summed E-state index contributed by atoms with van der Waals surface area (Å²) in [7, 11) is 1.59. The van der Waals surface area contributed by atoms with Gasteiger partial charge in [0.15, 0.2) is 0 Å². The van der Waals surface area contributed by atoms with Gasteiger partial charge < -0.3 is 19.3 Å². The third-order valence-corrected chi connectivity index (χ3v) is 5.43. The average Bonchev–Trinajstić information content (AvgIpc) is 3.16. The molecule has 1 atom stereocenters. The van der Waals surface area contributed by atoms with Crippen molar-refractivity contribution in [1.29, 1.82) is 0 Å². The Bertz CT molecular complexity index is 868. The minimum Gasteiger partial charge on any atom is -0.497 e. The number of ether oxygens (including phenoxy) is 2. The molecule has 0 saturated carbocycles. The molecule has 2 amide bonds. The molecule has 8 heteroatoms. The van der Waals surface area contributed by atoms with Crippen molar-refractivity contribution in [2.24, 2.45) is 5.92 Å². The zero-order chi connectivity index (χ0) is 20.2. The number of methoxy groups -OCH3 is 1. The number of aromatic nitrogens is 2. The summed E-state index contributed by atoms with van der Waals surface area (Å²) in [6.07, 6.45) is 3.34. The lowest BCUT2D eigenvalue weighted by molar-refractivity contribution is -0.137. The van der Waals surface area contributed by atoms with Gasteiger partial charge in [-0.3, -0.25) is 9.59 Å². The molecule has 4 rings (SSSR count). The van der Waals surface area contributed by atoms with Crippen LogP contribution in [0.1, 0.15) is 19.3 Å². The largest absolute Gasteiger partial charge is 0.497 e. The first-order valence-corrected chi connectivity index (χ1v) is 9.81. The fourth-order valence-corrected chi connectivity index (χ4v) is 3.87. The van der Waals surface area contributed by atoms with Crippen molar-refractivity contribution in [3.05, 3.63) is 42.6 Å². The zero-order valence-corrected chi connectivity index (χ0v) is 16.4. The Morgan fingerprint density at radius 1 is 1.17 bits per heavy atom. The first-order chi connectivity index (χ1) is 14.1. The summed E-state index contributed by atoms with van der Waals surface area (Å²) in [5, 5.41) is 7.75. The van der Waals surface area contributed by atoms with Crippen molar-refractivity contribution in [3.8, 4) is 11.6 Å². The fraction of sp³-hybridized carbons (Fsp3) is 0.429. The molecule has 0 bridgehead atoms. The summed E-state index contributed by atoms with van der Waals surface area (Å²) in [5.74, 6) is 0.896. The summed E-state index contributed by atoms with van der Waals surface area (Å²) in [5.41, 5.74) is 0.765. The van der Waals surface area contributed by atoms with Gasteiger partial charge in [0.05, 0.1) is 13.0 Å². The SMILES string of the molecule is COc1cccc(N2CC(C(=O)N3CCC(Oc4cccnn4)CC3)CC2=O)c1. The van der Waals surface area contributed by atoms with Gasteiger partial charge in [0.2, 0.25) is 17.7 Å². The smallest absolute Gasteiger partial charge is 0.233 e. The van der Waals surface area contributed by atoms with Gasteiger partial charge in [-0.25, -0.2) is 0 Å². The van der Waals surface area contributed by atoms with E-state index in [1.165, 1.54) is 0 Å². The zero-order valence-electron chi connectivity index (χ0n) is 16.4. The van der Waals surface area contributed by atoms with E-state index in [4.69, 9.17) is 9.47 Å². The molecular weight excluding hydrogens is 372 g/mol. The van der Waals surface area contributed by atoms with Crippen LogP contribution in [0.5, 0.6) is 11.6 Å². The Labute approximate surface area is 169 Å². The van der Waals surface area contributed by atoms with Gasteiger partial charge >= 0.3 is 0 Å². The fourth-order valence-electron chi connectivity index (χ4n) is 3.87. The van der Waals surface area contributed by atoms with Gasteiger partial charge in [-0.2, -0.15) is 5.10 Å². The molecule has 0 spiro atoms. The number of anilines is 1. The number of piperidine rings is 1. The Morgan fingerprint density at radius 3 is 2.72 bits per heavy atom. The third-order valence-electron chi connectivity index (χ3n) is 5.43. The van der Waals surface area contributed by atoms with E-state index in [0.29, 0.717) is 31.3 Å². The highest BCUT2D eigenvalue weighted by Crippen LogP contribution is 2.29. The number of carbonyl (C=O) groups is 2. The second-order valence-electron chi connectivity index (χ2n) is 7.31. The van der Waals surface area contributed by atoms with E-state index in [9.17, 15) is 9.59 Å². The number of benzene rings is 1. The topological polar surface area (TPSA) is 84.9 Å². The summed E-state index contributed by atoms with van der Waals surface area (Å²) < 4.78 is 11.1. The maximum atomic E-state index is 13.0. The summed E-state index contributed by atoms with van der Waals surface area (Å²) in [4.78, 5) is 29.0. The van der Waals surface area contributed by atoms with E-state index in [1.807, 2.05) is 29.2 Å². The predicted molar refractivity (Wildman–Crippen MR) is 106 cm³/mol. The summed E-state index contributed by atoms with van der Waals surface area (Å²) >= 11 is 0. The van der Waals surface area contributed by atoms with E-state index in [0.717, 1.165) is 18.5 Å². The lowest BCUT2D eigenvalue weighted by atomic mass is 10.0. The monoisotopic (exact) mass is 396 g/mol. The number of amides is 2. The van der Waals surface area contributed by atoms with E-state index in [2.05, 4.69) is 10.2 Å². The van der Waals surface area contributed by atoms with E-state index in [-0.39, 0.29) is 30.3 Å². The van der Waals surface area contributed by atoms with Gasteiger partial charge in [0.1, 0.15) is 11.9 Å². The Balaban J connectivity index is 1.33. The minimum atomic E-state index is -0.314. The van der Waals surface area contributed by atoms with Crippen LogP contribution in [-0.4, -0.2) is 59.8 Å². The highest BCUT2D eigenvalue weighted by Gasteiger charge is 2.38. The van der Waals surface area contributed by atoms with Crippen molar-refractivity contribution in [2.75, 3.05) is 31.6 Å². The molecule has 1 unspecified atom stereocenters. The third kappa shape index (κ3) is 4.31. The van der Waals surface area contributed by atoms with Crippen LogP contribution in [0.3, 0.4) is 0 Å². The second kappa shape index (κ2) is 8.46. The Kier molecular flexibility index (Phi) is 5.59. The number of rotatable bonds is 5. The molecule has 1 aromatic heterocycles.